The zero-order valence-electron chi connectivity index (χ0n) is 13.7. The predicted molar refractivity (Wildman–Crippen MR) is 88.8 cm³/mol. The van der Waals surface area contributed by atoms with Crippen LogP contribution in [0.3, 0.4) is 0 Å². The summed E-state index contributed by atoms with van der Waals surface area (Å²) in [4.78, 5) is 18.4. The first-order valence-electron chi connectivity index (χ1n) is 8.41. The van der Waals surface area contributed by atoms with Crippen molar-refractivity contribution in [1.82, 2.24) is 24.6 Å². The second kappa shape index (κ2) is 6.25. The molecule has 0 amide bonds. The first-order chi connectivity index (χ1) is 11.6. The SMILES string of the molecule is Cc1nnc2n1CC(C(=O)O)N(Cc1csc(C3CCCC3)n1)C2. The number of hydrogen-bond acceptors (Lipinski definition) is 6. The highest BCUT2D eigenvalue weighted by molar-refractivity contribution is 7.09. The Morgan fingerprint density at radius 2 is 2.17 bits per heavy atom. The molecule has 128 valence electrons. The molecule has 1 aliphatic carbocycles. The highest BCUT2D eigenvalue weighted by Gasteiger charge is 2.34. The fraction of sp³-hybridized carbons (Fsp3) is 0.625. The van der Waals surface area contributed by atoms with E-state index in [0.29, 0.717) is 25.6 Å². The summed E-state index contributed by atoms with van der Waals surface area (Å²) in [5.74, 6) is 1.40. The van der Waals surface area contributed by atoms with Gasteiger partial charge in [0.25, 0.3) is 0 Å². The van der Waals surface area contributed by atoms with E-state index >= 15 is 0 Å². The molecule has 0 spiro atoms. The van der Waals surface area contributed by atoms with Gasteiger partial charge >= 0.3 is 5.97 Å². The third kappa shape index (κ3) is 2.84. The highest BCUT2D eigenvalue weighted by atomic mass is 32.1. The van der Waals surface area contributed by atoms with Gasteiger partial charge in [-0.15, -0.1) is 21.5 Å². The normalized spacial score (nSPS) is 22.0. The summed E-state index contributed by atoms with van der Waals surface area (Å²) >= 11 is 1.72. The molecule has 1 fully saturated rings. The van der Waals surface area contributed by atoms with E-state index in [1.54, 1.807) is 11.3 Å². The van der Waals surface area contributed by atoms with Gasteiger partial charge in [-0.1, -0.05) is 12.8 Å². The van der Waals surface area contributed by atoms with Crippen LogP contribution in [-0.4, -0.2) is 41.8 Å². The maximum Gasteiger partial charge on any atom is 0.322 e. The lowest BCUT2D eigenvalue weighted by molar-refractivity contribution is -0.145. The highest BCUT2D eigenvalue weighted by Crippen LogP contribution is 2.35. The maximum absolute atomic E-state index is 11.7. The molecule has 2 aromatic rings. The largest absolute Gasteiger partial charge is 0.480 e. The molecule has 2 aliphatic rings. The van der Waals surface area contributed by atoms with Gasteiger partial charge in [-0.05, 0) is 19.8 Å². The molecule has 0 bridgehead atoms. The first-order valence-corrected chi connectivity index (χ1v) is 9.29. The molecule has 8 heteroatoms. The molecular formula is C16H21N5O2S. The predicted octanol–water partition coefficient (Wildman–Crippen LogP) is 2.17. The fourth-order valence-corrected chi connectivity index (χ4v) is 4.71. The lowest BCUT2D eigenvalue weighted by atomic mass is 10.1. The molecule has 1 atom stereocenters. The Kier molecular flexibility index (Phi) is 4.09. The van der Waals surface area contributed by atoms with Crippen LogP contribution in [0, 0.1) is 6.92 Å². The van der Waals surface area contributed by atoms with E-state index in [-0.39, 0.29) is 0 Å². The molecule has 0 saturated heterocycles. The number of fused-ring (bicyclic) bond motifs is 1. The monoisotopic (exact) mass is 347 g/mol. The molecule has 0 aromatic carbocycles. The number of aryl methyl sites for hydroxylation is 1. The minimum Gasteiger partial charge on any atom is -0.480 e. The van der Waals surface area contributed by atoms with E-state index in [0.717, 1.165) is 17.3 Å². The number of thiazole rings is 1. The zero-order valence-corrected chi connectivity index (χ0v) is 14.5. The Morgan fingerprint density at radius 1 is 1.38 bits per heavy atom. The van der Waals surface area contributed by atoms with Crippen molar-refractivity contribution in [2.45, 2.75) is 64.2 Å². The lowest BCUT2D eigenvalue weighted by Crippen LogP contribution is -2.47. The Balaban J connectivity index is 1.53. The van der Waals surface area contributed by atoms with Crippen LogP contribution in [-0.2, 0) is 24.4 Å². The zero-order chi connectivity index (χ0) is 16.7. The number of rotatable bonds is 4. The van der Waals surface area contributed by atoms with Gasteiger partial charge in [0.15, 0.2) is 0 Å². The fourth-order valence-electron chi connectivity index (χ4n) is 3.72. The quantitative estimate of drug-likeness (QED) is 0.912. The van der Waals surface area contributed by atoms with E-state index in [1.165, 1.54) is 30.7 Å². The molecule has 1 aliphatic heterocycles. The number of hydrogen-bond donors (Lipinski definition) is 1. The molecule has 1 saturated carbocycles. The van der Waals surface area contributed by atoms with Gasteiger partial charge in [-0.3, -0.25) is 9.69 Å². The molecular weight excluding hydrogens is 326 g/mol. The Hall–Kier alpha value is -1.80. The first kappa shape index (κ1) is 15.7. The number of carboxylic acids is 1. The number of carboxylic acid groups (broad SMARTS) is 1. The summed E-state index contributed by atoms with van der Waals surface area (Å²) in [5.41, 5.74) is 0.970. The van der Waals surface area contributed by atoms with Crippen LogP contribution < -0.4 is 0 Å². The van der Waals surface area contributed by atoms with Gasteiger partial charge in [0, 0.05) is 17.8 Å². The summed E-state index contributed by atoms with van der Waals surface area (Å²) in [6.07, 6.45) is 5.05. The summed E-state index contributed by atoms with van der Waals surface area (Å²) in [6.45, 7) is 3.29. The van der Waals surface area contributed by atoms with Gasteiger partial charge in [0.2, 0.25) is 0 Å². The summed E-state index contributed by atoms with van der Waals surface area (Å²) in [7, 11) is 0. The van der Waals surface area contributed by atoms with Crippen LogP contribution in [0.15, 0.2) is 5.38 Å². The van der Waals surface area contributed by atoms with Crippen molar-refractivity contribution < 1.29 is 9.90 Å². The Labute approximate surface area is 144 Å². The van der Waals surface area contributed by atoms with Crippen LogP contribution in [0.5, 0.6) is 0 Å². The maximum atomic E-state index is 11.7. The molecule has 4 rings (SSSR count). The average Bonchev–Trinajstić information content (AvgIpc) is 3.28. The van der Waals surface area contributed by atoms with E-state index in [9.17, 15) is 9.90 Å². The topological polar surface area (TPSA) is 84.1 Å². The van der Waals surface area contributed by atoms with Crippen molar-refractivity contribution in [1.29, 1.82) is 0 Å². The molecule has 7 nitrogen and oxygen atoms in total. The van der Waals surface area contributed by atoms with Crippen LogP contribution in [0.1, 0.15) is 54.0 Å². The molecule has 1 unspecified atom stereocenters. The van der Waals surface area contributed by atoms with Crippen molar-refractivity contribution in [2.24, 2.45) is 0 Å². The van der Waals surface area contributed by atoms with Gasteiger partial charge < -0.3 is 9.67 Å². The van der Waals surface area contributed by atoms with E-state index in [1.807, 2.05) is 16.4 Å². The standard InChI is InChI=1S/C16H21N5O2S/c1-10-18-19-14-8-20(13(16(22)23)7-21(10)14)6-12-9-24-15(17-12)11-4-2-3-5-11/h9,11,13H,2-8H2,1H3,(H,22,23). The van der Waals surface area contributed by atoms with Gasteiger partial charge in [0.1, 0.15) is 17.7 Å². The number of aliphatic carboxylic acids is 1. The third-order valence-electron chi connectivity index (χ3n) is 5.08. The van der Waals surface area contributed by atoms with Gasteiger partial charge in [-0.2, -0.15) is 0 Å². The van der Waals surface area contributed by atoms with Crippen molar-refractivity contribution in [3.63, 3.8) is 0 Å². The van der Waals surface area contributed by atoms with Crippen molar-refractivity contribution >= 4 is 17.3 Å². The molecule has 1 N–H and O–H groups in total. The van der Waals surface area contributed by atoms with E-state index < -0.39 is 12.0 Å². The molecule has 24 heavy (non-hydrogen) atoms. The summed E-state index contributed by atoms with van der Waals surface area (Å²) in [6, 6.07) is -0.566. The van der Waals surface area contributed by atoms with Gasteiger partial charge in [-0.25, -0.2) is 4.98 Å². The Bertz CT molecular complexity index is 749. The molecule has 0 radical (unpaired) electrons. The van der Waals surface area contributed by atoms with E-state index in [2.05, 4.69) is 15.6 Å². The number of aromatic nitrogens is 4. The summed E-state index contributed by atoms with van der Waals surface area (Å²) in [5, 5.41) is 21.1. The minimum absolute atomic E-state index is 0.392. The van der Waals surface area contributed by atoms with Gasteiger partial charge in [0.05, 0.1) is 23.8 Å². The lowest BCUT2D eigenvalue weighted by Gasteiger charge is -2.32. The second-order valence-electron chi connectivity index (χ2n) is 6.69. The van der Waals surface area contributed by atoms with Crippen molar-refractivity contribution in [2.75, 3.05) is 0 Å². The average molecular weight is 347 g/mol. The second-order valence-corrected chi connectivity index (χ2v) is 7.58. The number of carbonyl (C=O) groups is 1. The minimum atomic E-state index is -0.806. The van der Waals surface area contributed by atoms with Crippen LogP contribution in [0.4, 0.5) is 0 Å². The van der Waals surface area contributed by atoms with Crippen molar-refractivity contribution in [3.05, 3.63) is 27.7 Å². The van der Waals surface area contributed by atoms with Crippen molar-refractivity contribution in [3.8, 4) is 0 Å². The van der Waals surface area contributed by atoms with Crippen LogP contribution in [0.2, 0.25) is 0 Å². The van der Waals surface area contributed by atoms with E-state index in [4.69, 9.17) is 4.98 Å². The van der Waals surface area contributed by atoms with Crippen LogP contribution >= 0.6 is 11.3 Å². The number of nitrogens with zero attached hydrogens (tertiary/aromatic N) is 5. The van der Waals surface area contributed by atoms with Crippen LogP contribution in [0.25, 0.3) is 0 Å². The summed E-state index contributed by atoms with van der Waals surface area (Å²) < 4.78 is 1.90. The molecule has 2 aromatic heterocycles. The third-order valence-corrected chi connectivity index (χ3v) is 6.13. The smallest absolute Gasteiger partial charge is 0.322 e. The Morgan fingerprint density at radius 3 is 2.92 bits per heavy atom. The molecule has 3 heterocycles.